The molecule has 2 aliphatic rings. The Morgan fingerprint density at radius 1 is 1.30 bits per heavy atom. The summed E-state index contributed by atoms with van der Waals surface area (Å²) in [6.07, 6.45) is 2.16. The van der Waals surface area contributed by atoms with E-state index in [1.54, 1.807) is 0 Å². The van der Waals surface area contributed by atoms with E-state index >= 15 is 0 Å². The zero-order valence-corrected chi connectivity index (χ0v) is 11.8. The van der Waals surface area contributed by atoms with E-state index in [1.165, 1.54) is 12.8 Å². The van der Waals surface area contributed by atoms with Crippen molar-refractivity contribution in [1.82, 2.24) is 4.90 Å². The molecule has 1 aliphatic heterocycles. The Morgan fingerprint density at radius 2 is 2.10 bits per heavy atom. The quantitative estimate of drug-likeness (QED) is 0.856. The number of β-amino-alcohol motifs (C(OH)–C–C–N with tert-alkyl or cyclic N) is 1. The average molecular weight is 277 g/mol. The van der Waals surface area contributed by atoms with Gasteiger partial charge in [-0.2, -0.15) is 0 Å². The van der Waals surface area contributed by atoms with Crippen molar-refractivity contribution in [2.24, 2.45) is 5.92 Å². The first-order valence-corrected chi connectivity index (χ1v) is 7.50. The zero-order chi connectivity index (χ0) is 13.8. The summed E-state index contributed by atoms with van der Waals surface area (Å²) < 4.78 is 11.2. The van der Waals surface area contributed by atoms with Crippen molar-refractivity contribution in [2.75, 3.05) is 32.9 Å². The van der Waals surface area contributed by atoms with Gasteiger partial charge in [-0.1, -0.05) is 18.2 Å². The topological polar surface area (TPSA) is 41.9 Å². The molecule has 1 heterocycles. The second-order valence-electron chi connectivity index (χ2n) is 5.75. The molecule has 1 saturated heterocycles. The van der Waals surface area contributed by atoms with Gasteiger partial charge in [-0.15, -0.1) is 0 Å². The van der Waals surface area contributed by atoms with E-state index < -0.39 is 6.10 Å². The fourth-order valence-electron chi connectivity index (χ4n) is 2.83. The number of morpholine rings is 1. The van der Waals surface area contributed by atoms with Crippen molar-refractivity contribution in [3.8, 4) is 5.75 Å². The van der Waals surface area contributed by atoms with Crippen molar-refractivity contribution in [3.05, 3.63) is 30.3 Å². The third kappa shape index (κ3) is 3.72. The molecule has 1 aromatic carbocycles. The van der Waals surface area contributed by atoms with Gasteiger partial charge in [0.1, 0.15) is 18.5 Å². The molecule has 0 radical (unpaired) electrons. The van der Waals surface area contributed by atoms with Gasteiger partial charge in [-0.05, 0) is 30.9 Å². The molecular formula is C16H23NO3. The minimum Gasteiger partial charge on any atom is -0.491 e. The van der Waals surface area contributed by atoms with Gasteiger partial charge in [-0.25, -0.2) is 0 Å². The maximum Gasteiger partial charge on any atom is 0.119 e. The molecule has 0 unspecified atom stereocenters. The molecule has 1 saturated carbocycles. The van der Waals surface area contributed by atoms with Gasteiger partial charge in [0.05, 0.1) is 13.2 Å². The third-order valence-electron chi connectivity index (χ3n) is 4.08. The van der Waals surface area contributed by atoms with Gasteiger partial charge in [0.15, 0.2) is 0 Å². The van der Waals surface area contributed by atoms with Crippen molar-refractivity contribution in [3.63, 3.8) is 0 Å². The predicted octanol–water partition coefficient (Wildman–Crippen LogP) is 1.54. The van der Waals surface area contributed by atoms with Gasteiger partial charge < -0.3 is 14.6 Å². The standard InChI is InChI=1S/C16H23NO3/c18-14(11-20-15-4-2-1-3-5-15)10-17-8-9-19-12-16(17)13-6-7-13/h1-5,13-14,16,18H,6-12H2/t14-,16+/m0/s1. The number of benzene rings is 1. The first kappa shape index (κ1) is 13.9. The lowest BCUT2D eigenvalue weighted by Crippen LogP contribution is -2.50. The molecule has 4 heteroatoms. The zero-order valence-electron chi connectivity index (χ0n) is 11.8. The predicted molar refractivity (Wildman–Crippen MR) is 76.8 cm³/mol. The van der Waals surface area contributed by atoms with E-state index in [9.17, 15) is 5.11 Å². The van der Waals surface area contributed by atoms with Gasteiger partial charge in [-0.3, -0.25) is 4.90 Å². The maximum atomic E-state index is 10.2. The summed E-state index contributed by atoms with van der Waals surface area (Å²) in [6.45, 7) is 3.53. The molecule has 3 rings (SSSR count). The molecule has 2 atom stereocenters. The molecule has 1 aliphatic carbocycles. The molecule has 1 aromatic rings. The van der Waals surface area contributed by atoms with Crippen molar-refractivity contribution in [2.45, 2.75) is 25.0 Å². The number of nitrogens with zero attached hydrogens (tertiary/aromatic N) is 1. The van der Waals surface area contributed by atoms with E-state index in [0.717, 1.165) is 31.4 Å². The first-order chi connectivity index (χ1) is 9.83. The number of aliphatic hydroxyl groups is 1. The molecular weight excluding hydrogens is 254 g/mol. The number of rotatable bonds is 6. The number of ether oxygens (including phenoxy) is 2. The number of hydrogen-bond donors (Lipinski definition) is 1. The smallest absolute Gasteiger partial charge is 0.119 e. The number of para-hydroxylation sites is 1. The molecule has 1 N–H and O–H groups in total. The van der Waals surface area contributed by atoms with Crippen LogP contribution in [0.1, 0.15) is 12.8 Å². The molecule has 0 aromatic heterocycles. The van der Waals surface area contributed by atoms with E-state index in [1.807, 2.05) is 30.3 Å². The van der Waals surface area contributed by atoms with Gasteiger partial charge in [0, 0.05) is 19.1 Å². The van der Waals surface area contributed by atoms with Crippen LogP contribution in [-0.4, -0.2) is 55.1 Å². The van der Waals surface area contributed by atoms with Gasteiger partial charge >= 0.3 is 0 Å². The summed E-state index contributed by atoms with van der Waals surface area (Å²) in [4.78, 5) is 2.38. The molecule has 20 heavy (non-hydrogen) atoms. The summed E-state index contributed by atoms with van der Waals surface area (Å²) in [6, 6.07) is 10.1. The summed E-state index contributed by atoms with van der Waals surface area (Å²) in [7, 11) is 0. The lowest BCUT2D eigenvalue weighted by atomic mass is 10.1. The van der Waals surface area contributed by atoms with Crippen molar-refractivity contribution >= 4 is 0 Å². The van der Waals surface area contributed by atoms with Crippen LogP contribution >= 0.6 is 0 Å². The average Bonchev–Trinajstić information content (AvgIpc) is 3.31. The number of aliphatic hydroxyl groups excluding tert-OH is 1. The normalized spacial score (nSPS) is 25.4. The van der Waals surface area contributed by atoms with Crippen molar-refractivity contribution < 1.29 is 14.6 Å². The second-order valence-corrected chi connectivity index (χ2v) is 5.75. The van der Waals surface area contributed by atoms with Crippen molar-refractivity contribution in [1.29, 1.82) is 0 Å². The molecule has 2 fully saturated rings. The number of hydrogen-bond acceptors (Lipinski definition) is 4. The molecule has 4 nitrogen and oxygen atoms in total. The highest BCUT2D eigenvalue weighted by Crippen LogP contribution is 2.36. The van der Waals surface area contributed by atoms with Gasteiger partial charge in [0.2, 0.25) is 0 Å². The highest BCUT2D eigenvalue weighted by Gasteiger charge is 2.37. The van der Waals surface area contributed by atoms with Crippen LogP contribution in [0.4, 0.5) is 0 Å². The van der Waals surface area contributed by atoms with Crippen LogP contribution < -0.4 is 4.74 Å². The van der Waals surface area contributed by atoms with Crippen LogP contribution in [0.15, 0.2) is 30.3 Å². The minimum absolute atomic E-state index is 0.346. The maximum absolute atomic E-state index is 10.2. The Labute approximate surface area is 120 Å². The molecule has 0 bridgehead atoms. The van der Waals surface area contributed by atoms with E-state index in [4.69, 9.17) is 9.47 Å². The van der Waals surface area contributed by atoms with Crippen LogP contribution in [0, 0.1) is 5.92 Å². The Balaban J connectivity index is 1.46. The monoisotopic (exact) mass is 277 g/mol. The van der Waals surface area contributed by atoms with Crippen LogP contribution in [0.2, 0.25) is 0 Å². The fourth-order valence-corrected chi connectivity index (χ4v) is 2.83. The first-order valence-electron chi connectivity index (χ1n) is 7.50. The summed E-state index contributed by atoms with van der Waals surface area (Å²) >= 11 is 0. The van der Waals surface area contributed by atoms with Gasteiger partial charge in [0.25, 0.3) is 0 Å². The highest BCUT2D eigenvalue weighted by atomic mass is 16.5. The van der Waals surface area contributed by atoms with Crippen LogP contribution in [0.5, 0.6) is 5.75 Å². The Morgan fingerprint density at radius 3 is 2.85 bits per heavy atom. The van der Waals surface area contributed by atoms with Crippen LogP contribution in [0.3, 0.4) is 0 Å². The highest BCUT2D eigenvalue weighted by molar-refractivity contribution is 5.20. The summed E-state index contributed by atoms with van der Waals surface area (Å²) in [5.41, 5.74) is 0. The van der Waals surface area contributed by atoms with Crippen LogP contribution in [-0.2, 0) is 4.74 Å². The van der Waals surface area contributed by atoms with E-state index in [-0.39, 0.29) is 0 Å². The largest absolute Gasteiger partial charge is 0.491 e. The molecule has 110 valence electrons. The summed E-state index contributed by atoms with van der Waals surface area (Å²) in [5, 5.41) is 10.2. The van der Waals surface area contributed by atoms with Crippen LogP contribution in [0.25, 0.3) is 0 Å². The Bertz CT molecular complexity index is 407. The Hall–Kier alpha value is -1.10. The van der Waals surface area contributed by atoms with E-state index in [0.29, 0.717) is 19.2 Å². The second kappa shape index (κ2) is 6.57. The summed E-state index contributed by atoms with van der Waals surface area (Å²) in [5.74, 6) is 1.59. The molecule has 0 spiro atoms. The Kier molecular flexibility index (Phi) is 4.55. The lowest BCUT2D eigenvalue weighted by Gasteiger charge is -2.36. The minimum atomic E-state index is -0.449. The third-order valence-corrected chi connectivity index (χ3v) is 4.08. The van der Waals surface area contributed by atoms with E-state index in [2.05, 4.69) is 4.90 Å². The SMILES string of the molecule is O[C@H](COc1ccccc1)CN1CCOC[C@@H]1C1CC1. The lowest BCUT2D eigenvalue weighted by molar-refractivity contribution is -0.0392. The molecule has 0 amide bonds. The fraction of sp³-hybridized carbons (Fsp3) is 0.625.